The highest BCUT2D eigenvalue weighted by atomic mass is 35.5. The van der Waals surface area contributed by atoms with E-state index in [0.29, 0.717) is 10.6 Å². The molecule has 0 spiro atoms. The molecule has 3 rings (SSSR count). The maximum atomic E-state index is 11.8. The molecule has 2 aromatic rings. The van der Waals surface area contributed by atoms with Gasteiger partial charge in [0.15, 0.2) is 0 Å². The lowest BCUT2D eigenvalue weighted by atomic mass is 10.2. The van der Waals surface area contributed by atoms with E-state index in [-0.39, 0.29) is 18.6 Å². The first-order chi connectivity index (χ1) is 10.7. The van der Waals surface area contributed by atoms with Crippen LogP contribution in [-0.4, -0.2) is 17.5 Å². The lowest BCUT2D eigenvalue weighted by Gasteiger charge is -2.05. The SMILES string of the molecule is O=C(NOCc1csc([C@H]2CCCO2)n1)c1ccc(Cl)cc1. The molecule has 1 aliphatic rings. The number of carbonyl (C=O) groups is 1. The second-order valence-corrected chi connectivity index (χ2v) is 6.23. The monoisotopic (exact) mass is 338 g/mol. The van der Waals surface area contributed by atoms with Crippen LogP contribution < -0.4 is 5.48 Å². The van der Waals surface area contributed by atoms with Crippen LogP contribution in [0, 0.1) is 0 Å². The number of thiazole rings is 1. The molecule has 0 saturated carbocycles. The molecule has 1 fully saturated rings. The molecule has 1 aliphatic heterocycles. The topological polar surface area (TPSA) is 60.5 Å². The van der Waals surface area contributed by atoms with Gasteiger partial charge in [0.2, 0.25) is 0 Å². The van der Waals surface area contributed by atoms with Gasteiger partial charge in [0, 0.05) is 22.6 Å². The van der Waals surface area contributed by atoms with Gasteiger partial charge in [-0.1, -0.05) is 11.6 Å². The molecule has 0 unspecified atom stereocenters. The lowest BCUT2D eigenvalue weighted by Crippen LogP contribution is -2.23. The molecule has 116 valence electrons. The summed E-state index contributed by atoms with van der Waals surface area (Å²) >= 11 is 7.34. The molecular weight excluding hydrogens is 324 g/mol. The summed E-state index contributed by atoms with van der Waals surface area (Å²) < 4.78 is 5.59. The maximum Gasteiger partial charge on any atom is 0.274 e. The summed E-state index contributed by atoms with van der Waals surface area (Å²) in [6, 6.07) is 6.59. The number of nitrogens with one attached hydrogen (secondary N) is 1. The average molecular weight is 339 g/mol. The molecule has 5 nitrogen and oxygen atoms in total. The molecule has 1 aromatic heterocycles. The minimum absolute atomic E-state index is 0.113. The quantitative estimate of drug-likeness (QED) is 0.847. The van der Waals surface area contributed by atoms with E-state index in [0.717, 1.165) is 30.2 Å². The van der Waals surface area contributed by atoms with Crippen molar-refractivity contribution < 1.29 is 14.4 Å². The van der Waals surface area contributed by atoms with E-state index >= 15 is 0 Å². The number of carbonyl (C=O) groups excluding carboxylic acids is 1. The van der Waals surface area contributed by atoms with Crippen LogP contribution in [0.1, 0.15) is 40.0 Å². The van der Waals surface area contributed by atoms with Crippen LogP contribution in [0.15, 0.2) is 29.6 Å². The first-order valence-corrected chi connectivity index (χ1v) is 8.22. The minimum atomic E-state index is -0.314. The number of halogens is 1. The minimum Gasteiger partial charge on any atom is -0.371 e. The second-order valence-electron chi connectivity index (χ2n) is 4.91. The first kappa shape index (κ1) is 15.4. The van der Waals surface area contributed by atoms with E-state index in [1.165, 1.54) is 0 Å². The van der Waals surface area contributed by atoms with Gasteiger partial charge in [0.1, 0.15) is 17.7 Å². The third kappa shape index (κ3) is 3.84. The summed E-state index contributed by atoms with van der Waals surface area (Å²) in [6.07, 6.45) is 2.20. The van der Waals surface area contributed by atoms with E-state index < -0.39 is 0 Å². The molecule has 1 atom stereocenters. The van der Waals surface area contributed by atoms with Crippen molar-refractivity contribution in [1.29, 1.82) is 0 Å². The fraction of sp³-hybridized carbons (Fsp3) is 0.333. The van der Waals surface area contributed by atoms with E-state index in [1.807, 2.05) is 5.38 Å². The van der Waals surface area contributed by atoms with Crippen LogP contribution in [0.3, 0.4) is 0 Å². The number of hydrogen-bond donors (Lipinski definition) is 1. The Bertz CT molecular complexity index is 638. The van der Waals surface area contributed by atoms with Crippen molar-refractivity contribution >= 4 is 28.8 Å². The number of nitrogens with zero attached hydrogens (tertiary/aromatic N) is 1. The molecule has 1 amide bonds. The van der Waals surface area contributed by atoms with Crippen molar-refractivity contribution in [3.8, 4) is 0 Å². The fourth-order valence-electron chi connectivity index (χ4n) is 2.14. The van der Waals surface area contributed by atoms with E-state index in [4.69, 9.17) is 21.2 Å². The molecule has 7 heteroatoms. The number of benzene rings is 1. The standard InChI is InChI=1S/C15H15ClN2O3S/c16-11-5-3-10(4-6-11)14(19)18-21-8-12-9-22-15(17-12)13-2-1-7-20-13/h3-6,9,13H,1-2,7-8H2,(H,18,19)/t13-/m1/s1. The molecule has 22 heavy (non-hydrogen) atoms. The zero-order chi connectivity index (χ0) is 15.4. The van der Waals surface area contributed by atoms with Gasteiger partial charge in [-0.3, -0.25) is 9.63 Å². The Morgan fingerprint density at radius 1 is 1.45 bits per heavy atom. The van der Waals surface area contributed by atoms with Crippen molar-refractivity contribution in [3.05, 3.63) is 50.9 Å². The Kier molecular flexibility index (Phi) is 5.04. The van der Waals surface area contributed by atoms with Crippen LogP contribution in [0.25, 0.3) is 0 Å². The molecule has 0 radical (unpaired) electrons. The molecular formula is C15H15ClN2O3S. The van der Waals surface area contributed by atoms with Crippen LogP contribution in [0.2, 0.25) is 5.02 Å². The summed E-state index contributed by atoms with van der Waals surface area (Å²) in [5, 5.41) is 3.48. The van der Waals surface area contributed by atoms with E-state index in [9.17, 15) is 4.79 Å². The Labute approximate surface area is 137 Å². The van der Waals surface area contributed by atoms with Crippen molar-refractivity contribution in [3.63, 3.8) is 0 Å². The van der Waals surface area contributed by atoms with Crippen molar-refractivity contribution in [2.75, 3.05) is 6.61 Å². The van der Waals surface area contributed by atoms with Gasteiger partial charge in [-0.05, 0) is 37.1 Å². The molecule has 2 heterocycles. The predicted octanol–water partition coefficient (Wildman–Crippen LogP) is 3.51. The van der Waals surface area contributed by atoms with Crippen molar-refractivity contribution in [2.24, 2.45) is 0 Å². The zero-order valence-electron chi connectivity index (χ0n) is 11.8. The highest BCUT2D eigenvalue weighted by Gasteiger charge is 2.20. The van der Waals surface area contributed by atoms with Gasteiger partial charge < -0.3 is 4.74 Å². The number of rotatable bonds is 5. The second kappa shape index (κ2) is 7.19. The van der Waals surface area contributed by atoms with E-state index in [2.05, 4.69) is 10.5 Å². The van der Waals surface area contributed by atoms with Crippen LogP contribution in [-0.2, 0) is 16.2 Å². The Balaban J connectivity index is 1.48. The van der Waals surface area contributed by atoms with E-state index in [1.54, 1.807) is 35.6 Å². The Morgan fingerprint density at radius 3 is 3.00 bits per heavy atom. The predicted molar refractivity (Wildman–Crippen MR) is 83.7 cm³/mol. The third-order valence-electron chi connectivity index (χ3n) is 3.27. The average Bonchev–Trinajstić information content (AvgIpc) is 3.19. The van der Waals surface area contributed by atoms with Crippen molar-refractivity contribution in [2.45, 2.75) is 25.6 Å². The zero-order valence-corrected chi connectivity index (χ0v) is 13.3. The lowest BCUT2D eigenvalue weighted by molar-refractivity contribution is 0.0221. The van der Waals surface area contributed by atoms with Crippen LogP contribution in [0.4, 0.5) is 0 Å². The summed E-state index contributed by atoms with van der Waals surface area (Å²) in [6.45, 7) is 1.02. The van der Waals surface area contributed by atoms with Gasteiger partial charge in [-0.25, -0.2) is 10.5 Å². The molecule has 1 saturated heterocycles. The largest absolute Gasteiger partial charge is 0.371 e. The van der Waals surface area contributed by atoms with Crippen molar-refractivity contribution in [1.82, 2.24) is 10.5 Å². The van der Waals surface area contributed by atoms with Gasteiger partial charge in [-0.15, -0.1) is 11.3 Å². The highest BCUT2D eigenvalue weighted by Crippen LogP contribution is 2.30. The number of aromatic nitrogens is 1. The third-order valence-corrected chi connectivity index (χ3v) is 4.50. The number of ether oxygens (including phenoxy) is 1. The first-order valence-electron chi connectivity index (χ1n) is 6.96. The van der Waals surface area contributed by atoms with Gasteiger partial charge in [0.25, 0.3) is 5.91 Å². The highest BCUT2D eigenvalue weighted by molar-refractivity contribution is 7.09. The smallest absolute Gasteiger partial charge is 0.274 e. The Morgan fingerprint density at radius 2 is 2.27 bits per heavy atom. The summed E-state index contributed by atoms with van der Waals surface area (Å²) in [5.74, 6) is -0.314. The molecule has 1 N–H and O–H groups in total. The van der Waals surface area contributed by atoms with Gasteiger partial charge >= 0.3 is 0 Å². The Hall–Kier alpha value is -1.47. The maximum absolute atomic E-state index is 11.8. The van der Waals surface area contributed by atoms with Crippen LogP contribution >= 0.6 is 22.9 Å². The number of hydrogen-bond acceptors (Lipinski definition) is 5. The summed E-state index contributed by atoms with van der Waals surface area (Å²) in [7, 11) is 0. The molecule has 0 aliphatic carbocycles. The van der Waals surface area contributed by atoms with Crippen LogP contribution in [0.5, 0.6) is 0 Å². The summed E-state index contributed by atoms with van der Waals surface area (Å²) in [5.41, 5.74) is 3.67. The number of hydroxylamine groups is 1. The van der Waals surface area contributed by atoms with Gasteiger partial charge in [0.05, 0.1) is 5.69 Å². The number of amides is 1. The fourth-order valence-corrected chi connectivity index (χ4v) is 3.16. The summed E-state index contributed by atoms with van der Waals surface area (Å²) in [4.78, 5) is 21.5. The normalized spacial score (nSPS) is 17.6. The molecule has 1 aromatic carbocycles. The van der Waals surface area contributed by atoms with Gasteiger partial charge in [-0.2, -0.15) is 0 Å². The molecule has 0 bridgehead atoms.